The molecular formula is C25H24N2O4. The zero-order valence-corrected chi connectivity index (χ0v) is 17.6. The summed E-state index contributed by atoms with van der Waals surface area (Å²) in [5, 5.41) is 0. The molecule has 2 aromatic rings. The minimum atomic E-state index is -0.574. The van der Waals surface area contributed by atoms with Crippen molar-refractivity contribution < 1.29 is 19.2 Å². The molecule has 4 atom stereocenters. The molecule has 2 saturated heterocycles. The molecule has 1 aliphatic carbocycles. The van der Waals surface area contributed by atoms with Crippen LogP contribution in [0.15, 0.2) is 48.5 Å². The standard InChI is InChI=1S/C25H24N2O4/c1-14-3-5-15(6-4-14)11-16-7-9-17(10-8-16)27-23(29)19-12-20(24(27)30)22-18(19)13-21(28)26(2)25(22)31/h3-10,18-20,22H,11-13H2,1-2H3. The molecule has 31 heavy (non-hydrogen) atoms. The highest BCUT2D eigenvalue weighted by atomic mass is 16.2. The Kier molecular flexibility index (Phi) is 4.54. The maximum atomic E-state index is 13.2. The van der Waals surface area contributed by atoms with Crippen molar-refractivity contribution in [3.63, 3.8) is 0 Å². The number of imide groups is 2. The van der Waals surface area contributed by atoms with Crippen LogP contribution in [-0.4, -0.2) is 35.6 Å². The molecule has 158 valence electrons. The summed E-state index contributed by atoms with van der Waals surface area (Å²) in [6.07, 6.45) is 1.28. The second kappa shape index (κ2) is 7.15. The SMILES string of the molecule is Cc1ccc(Cc2ccc(N3C(=O)C4CC(C3=O)C3C(=O)N(C)C(=O)CC43)cc2)cc1. The number of hydrogen-bond acceptors (Lipinski definition) is 4. The van der Waals surface area contributed by atoms with Crippen molar-refractivity contribution in [3.05, 3.63) is 65.2 Å². The molecule has 6 nitrogen and oxygen atoms in total. The Balaban J connectivity index is 1.40. The van der Waals surface area contributed by atoms with Crippen molar-refractivity contribution in [3.8, 4) is 0 Å². The van der Waals surface area contributed by atoms with Crippen LogP contribution in [0.2, 0.25) is 0 Å². The van der Waals surface area contributed by atoms with Crippen molar-refractivity contribution >= 4 is 29.3 Å². The van der Waals surface area contributed by atoms with E-state index in [1.165, 1.54) is 23.1 Å². The van der Waals surface area contributed by atoms with Gasteiger partial charge in [0.15, 0.2) is 0 Å². The Morgan fingerprint density at radius 3 is 2.03 bits per heavy atom. The molecule has 0 N–H and O–H groups in total. The summed E-state index contributed by atoms with van der Waals surface area (Å²) < 4.78 is 0. The van der Waals surface area contributed by atoms with Gasteiger partial charge in [-0.2, -0.15) is 0 Å². The van der Waals surface area contributed by atoms with E-state index < -0.39 is 17.8 Å². The molecule has 2 bridgehead atoms. The largest absolute Gasteiger partial charge is 0.285 e. The average molecular weight is 416 g/mol. The fraction of sp³-hybridized carbons (Fsp3) is 0.360. The van der Waals surface area contributed by atoms with Gasteiger partial charge in [0.05, 0.1) is 17.5 Å². The van der Waals surface area contributed by atoms with E-state index in [9.17, 15) is 19.2 Å². The molecule has 3 aliphatic rings. The predicted molar refractivity (Wildman–Crippen MR) is 114 cm³/mol. The molecule has 2 heterocycles. The first kappa shape index (κ1) is 19.7. The summed E-state index contributed by atoms with van der Waals surface area (Å²) in [5.41, 5.74) is 4.02. The smallest absolute Gasteiger partial charge is 0.237 e. The molecule has 5 rings (SSSR count). The van der Waals surface area contributed by atoms with Crippen molar-refractivity contribution in [2.75, 3.05) is 11.9 Å². The van der Waals surface area contributed by atoms with Crippen LogP contribution in [0.5, 0.6) is 0 Å². The molecule has 0 radical (unpaired) electrons. The van der Waals surface area contributed by atoms with E-state index in [4.69, 9.17) is 0 Å². The number of piperidine rings is 2. The highest BCUT2D eigenvalue weighted by Gasteiger charge is 2.61. The summed E-state index contributed by atoms with van der Waals surface area (Å²) in [5.74, 6) is -3.15. The minimum Gasteiger partial charge on any atom is -0.285 e. The molecule has 1 saturated carbocycles. The highest BCUT2D eigenvalue weighted by molar-refractivity contribution is 6.20. The summed E-state index contributed by atoms with van der Waals surface area (Å²) in [6.45, 7) is 2.05. The van der Waals surface area contributed by atoms with E-state index in [1.54, 1.807) is 12.1 Å². The molecule has 2 aromatic carbocycles. The number of benzene rings is 2. The molecule has 6 heteroatoms. The van der Waals surface area contributed by atoms with Crippen molar-refractivity contribution in [1.82, 2.24) is 4.90 Å². The van der Waals surface area contributed by atoms with Gasteiger partial charge in [-0.25, -0.2) is 0 Å². The summed E-state index contributed by atoms with van der Waals surface area (Å²) in [4.78, 5) is 53.7. The summed E-state index contributed by atoms with van der Waals surface area (Å²) >= 11 is 0. The molecule has 4 unspecified atom stereocenters. The first-order valence-corrected chi connectivity index (χ1v) is 10.7. The fourth-order valence-electron chi connectivity index (χ4n) is 5.39. The number of rotatable bonds is 3. The van der Waals surface area contributed by atoms with Crippen LogP contribution in [-0.2, 0) is 25.6 Å². The Labute approximate surface area is 180 Å². The topological polar surface area (TPSA) is 74.8 Å². The van der Waals surface area contributed by atoms with Crippen LogP contribution >= 0.6 is 0 Å². The van der Waals surface area contributed by atoms with Gasteiger partial charge in [0, 0.05) is 19.4 Å². The van der Waals surface area contributed by atoms with Gasteiger partial charge >= 0.3 is 0 Å². The van der Waals surface area contributed by atoms with Gasteiger partial charge in [-0.15, -0.1) is 0 Å². The highest BCUT2D eigenvalue weighted by Crippen LogP contribution is 2.51. The zero-order chi connectivity index (χ0) is 21.9. The Morgan fingerprint density at radius 1 is 0.806 bits per heavy atom. The zero-order valence-electron chi connectivity index (χ0n) is 17.6. The third kappa shape index (κ3) is 3.09. The van der Waals surface area contributed by atoms with E-state index in [0.29, 0.717) is 12.1 Å². The van der Waals surface area contributed by atoms with Gasteiger partial charge < -0.3 is 0 Å². The normalized spacial score (nSPS) is 27.7. The number of fused-ring (bicyclic) bond motifs is 5. The van der Waals surface area contributed by atoms with E-state index in [2.05, 4.69) is 31.2 Å². The molecule has 0 aromatic heterocycles. The molecule has 0 spiro atoms. The Bertz CT molecular complexity index is 1090. The summed E-state index contributed by atoms with van der Waals surface area (Å²) in [6, 6.07) is 15.8. The van der Waals surface area contributed by atoms with E-state index in [1.807, 2.05) is 12.1 Å². The van der Waals surface area contributed by atoms with E-state index in [0.717, 1.165) is 16.9 Å². The lowest BCUT2D eigenvalue weighted by atomic mass is 9.81. The minimum absolute atomic E-state index is 0.149. The average Bonchev–Trinajstić information content (AvgIpc) is 3.10. The number of aryl methyl sites for hydroxylation is 1. The first-order chi connectivity index (χ1) is 14.8. The van der Waals surface area contributed by atoms with Crippen LogP contribution in [0.25, 0.3) is 0 Å². The van der Waals surface area contributed by atoms with Crippen LogP contribution in [0.4, 0.5) is 5.69 Å². The third-order valence-corrected chi connectivity index (χ3v) is 7.12. The lowest BCUT2D eigenvalue weighted by Crippen LogP contribution is -2.49. The molecule has 2 aliphatic heterocycles. The van der Waals surface area contributed by atoms with Gasteiger partial charge in [-0.3, -0.25) is 29.0 Å². The Morgan fingerprint density at radius 2 is 1.39 bits per heavy atom. The third-order valence-electron chi connectivity index (χ3n) is 7.12. The van der Waals surface area contributed by atoms with Gasteiger partial charge in [0.2, 0.25) is 23.6 Å². The lowest BCUT2D eigenvalue weighted by molar-refractivity contribution is -0.154. The van der Waals surface area contributed by atoms with Gasteiger partial charge in [-0.1, -0.05) is 42.0 Å². The van der Waals surface area contributed by atoms with E-state index in [-0.39, 0.29) is 36.0 Å². The number of carbonyl (C=O) groups excluding carboxylic acids is 4. The maximum absolute atomic E-state index is 13.2. The van der Waals surface area contributed by atoms with Crippen LogP contribution in [0.3, 0.4) is 0 Å². The van der Waals surface area contributed by atoms with Gasteiger partial charge in [0.1, 0.15) is 0 Å². The van der Waals surface area contributed by atoms with Crippen molar-refractivity contribution in [2.45, 2.75) is 26.2 Å². The van der Waals surface area contributed by atoms with E-state index >= 15 is 0 Å². The molecule has 4 amide bonds. The van der Waals surface area contributed by atoms with Crippen molar-refractivity contribution in [2.24, 2.45) is 23.7 Å². The number of hydrogen-bond donors (Lipinski definition) is 0. The quantitative estimate of drug-likeness (QED) is 0.721. The maximum Gasteiger partial charge on any atom is 0.237 e. The van der Waals surface area contributed by atoms with Gasteiger partial charge in [-0.05, 0) is 48.9 Å². The number of nitrogens with zero attached hydrogens (tertiary/aromatic N) is 2. The van der Waals surface area contributed by atoms with Crippen LogP contribution in [0.1, 0.15) is 29.5 Å². The fourth-order valence-corrected chi connectivity index (χ4v) is 5.39. The number of anilines is 1. The Hall–Kier alpha value is -3.28. The second-order valence-electron chi connectivity index (χ2n) is 8.97. The molecule has 3 fully saturated rings. The molecular weight excluding hydrogens is 392 g/mol. The van der Waals surface area contributed by atoms with Crippen LogP contribution in [0, 0.1) is 30.6 Å². The number of amides is 4. The predicted octanol–water partition coefficient (Wildman–Crippen LogP) is 2.72. The van der Waals surface area contributed by atoms with Crippen LogP contribution < -0.4 is 4.90 Å². The summed E-state index contributed by atoms with van der Waals surface area (Å²) in [7, 11) is 1.46. The number of likely N-dealkylation sites (tertiary alicyclic amines) is 1. The second-order valence-corrected chi connectivity index (χ2v) is 8.97. The first-order valence-electron chi connectivity index (χ1n) is 10.7. The lowest BCUT2D eigenvalue weighted by Gasteiger charge is -2.32. The van der Waals surface area contributed by atoms with Crippen molar-refractivity contribution in [1.29, 1.82) is 0 Å². The van der Waals surface area contributed by atoms with Gasteiger partial charge in [0.25, 0.3) is 0 Å². The number of carbonyl (C=O) groups is 4. The monoisotopic (exact) mass is 416 g/mol.